The predicted octanol–water partition coefficient (Wildman–Crippen LogP) is 3.56. The van der Waals surface area contributed by atoms with Gasteiger partial charge in [0.2, 0.25) is 0 Å². The van der Waals surface area contributed by atoms with E-state index in [-0.39, 0.29) is 11.3 Å². The highest BCUT2D eigenvalue weighted by atomic mass is 16.5. The van der Waals surface area contributed by atoms with Crippen molar-refractivity contribution in [3.8, 4) is 17.6 Å². The van der Waals surface area contributed by atoms with Gasteiger partial charge in [-0.1, -0.05) is 6.07 Å². The van der Waals surface area contributed by atoms with Crippen molar-refractivity contribution < 1.29 is 14.6 Å². The van der Waals surface area contributed by atoms with Crippen LogP contribution in [0.3, 0.4) is 0 Å². The minimum atomic E-state index is -0.505. The van der Waals surface area contributed by atoms with Gasteiger partial charge < -0.3 is 15.2 Å². The van der Waals surface area contributed by atoms with Crippen LogP contribution < -0.4 is 10.1 Å². The second-order valence-electron chi connectivity index (χ2n) is 5.36. The van der Waals surface area contributed by atoms with Crippen LogP contribution in [0.15, 0.2) is 42.0 Å². The van der Waals surface area contributed by atoms with Gasteiger partial charge in [0, 0.05) is 11.8 Å². The zero-order valence-electron chi connectivity index (χ0n) is 13.8. The van der Waals surface area contributed by atoms with Gasteiger partial charge in [-0.05, 0) is 60.9 Å². The molecule has 2 rings (SSSR count). The predicted molar refractivity (Wildman–Crippen MR) is 92.8 cm³/mol. The van der Waals surface area contributed by atoms with E-state index >= 15 is 0 Å². The molecule has 2 aromatic rings. The Morgan fingerprint density at radius 3 is 2.50 bits per heavy atom. The summed E-state index contributed by atoms with van der Waals surface area (Å²) < 4.78 is 5.10. The number of carbonyl (C=O) groups excluding carboxylic acids is 1. The Kier molecular flexibility index (Phi) is 5.23. The lowest BCUT2D eigenvalue weighted by molar-refractivity contribution is -0.112. The third kappa shape index (κ3) is 3.93. The van der Waals surface area contributed by atoms with E-state index in [2.05, 4.69) is 5.32 Å². The number of nitrogens with one attached hydrogen (secondary N) is 1. The summed E-state index contributed by atoms with van der Waals surface area (Å²) in [6.07, 6.45) is 1.49. The van der Waals surface area contributed by atoms with Gasteiger partial charge in [-0.15, -0.1) is 0 Å². The van der Waals surface area contributed by atoms with E-state index in [1.807, 2.05) is 6.07 Å². The number of nitriles is 1. The smallest absolute Gasteiger partial charge is 0.266 e. The quantitative estimate of drug-likeness (QED) is 0.666. The first-order valence-corrected chi connectivity index (χ1v) is 7.32. The van der Waals surface area contributed by atoms with Crippen LogP contribution in [-0.4, -0.2) is 18.1 Å². The van der Waals surface area contributed by atoms with Gasteiger partial charge in [-0.2, -0.15) is 5.26 Å². The Hall–Kier alpha value is -3.26. The summed E-state index contributed by atoms with van der Waals surface area (Å²) in [4.78, 5) is 12.3. The van der Waals surface area contributed by atoms with Crippen LogP contribution in [-0.2, 0) is 4.79 Å². The fraction of sp³-hybridized carbons (Fsp3) is 0.158. The van der Waals surface area contributed by atoms with Gasteiger partial charge in [-0.25, -0.2) is 0 Å². The summed E-state index contributed by atoms with van der Waals surface area (Å²) in [7, 11) is 1.54. The van der Waals surface area contributed by atoms with Crippen molar-refractivity contribution in [2.24, 2.45) is 0 Å². The zero-order valence-corrected chi connectivity index (χ0v) is 13.8. The minimum Gasteiger partial charge on any atom is -0.507 e. The summed E-state index contributed by atoms with van der Waals surface area (Å²) in [5, 5.41) is 21.7. The van der Waals surface area contributed by atoms with Gasteiger partial charge in [0.1, 0.15) is 23.1 Å². The van der Waals surface area contributed by atoms with E-state index in [0.29, 0.717) is 28.1 Å². The lowest BCUT2D eigenvalue weighted by Gasteiger charge is -2.07. The first-order valence-electron chi connectivity index (χ1n) is 7.32. The van der Waals surface area contributed by atoms with Crippen LogP contribution in [0.25, 0.3) is 6.08 Å². The maximum Gasteiger partial charge on any atom is 0.266 e. The number of aromatic hydroxyl groups is 1. The number of hydrogen-bond donors (Lipinski definition) is 2. The van der Waals surface area contributed by atoms with Gasteiger partial charge in [-0.3, -0.25) is 4.79 Å². The summed E-state index contributed by atoms with van der Waals surface area (Å²) in [6, 6.07) is 12.2. The number of anilines is 1. The van der Waals surface area contributed by atoms with Crippen molar-refractivity contribution in [3.05, 3.63) is 58.7 Å². The molecule has 2 aromatic carbocycles. The number of methoxy groups -OCH3 is 1. The van der Waals surface area contributed by atoms with Gasteiger partial charge >= 0.3 is 0 Å². The highest BCUT2D eigenvalue weighted by Crippen LogP contribution is 2.24. The van der Waals surface area contributed by atoms with Crippen molar-refractivity contribution in [2.75, 3.05) is 12.4 Å². The second kappa shape index (κ2) is 7.34. The second-order valence-corrected chi connectivity index (χ2v) is 5.36. The largest absolute Gasteiger partial charge is 0.507 e. The molecule has 0 atom stereocenters. The standard InChI is InChI=1S/C19H18N2O3/c1-12-7-14(8-13(2)18(12)22)9-15(11-20)19(23)21-16-5-4-6-17(10-16)24-3/h4-10,22H,1-3H3,(H,21,23). The van der Waals surface area contributed by atoms with Crippen molar-refractivity contribution in [2.45, 2.75) is 13.8 Å². The first-order chi connectivity index (χ1) is 11.4. The van der Waals surface area contributed by atoms with Crippen molar-refractivity contribution in [1.82, 2.24) is 0 Å². The molecule has 0 bridgehead atoms. The molecule has 1 amide bonds. The Morgan fingerprint density at radius 1 is 1.25 bits per heavy atom. The highest BCUT2D eigenvalue weighted by Gasteiger charge is 2.11. The van der Waals surface area contributed by atoms with E-state index in [0.717, 1.165) is 0 Å². The molecule has 24 heavy (non-hydrogen) atoms. The Bertz CT molecular complexity index is 825. The van der Waals surface area contributed by atoms with Crippen LogP contribution in [0.1, 0.15) is 16.7 Å². The van der Waals surface area contributed by atoms with Gasteiger partial charge in [0.15, 0.2) is 0 Å². The van der Waals surface area contributed by atoms with E-state index < -0.39 is 5.91 Å². The summed E-state index contributed by atoms with van der Waals surface area (Å²) in [6.45, 7) is 3.53. The molecule has 0 unspecified atom stereocenters. The molecule has 0 saturated heterocycles. The summed E-state index contributed by atoms with van der Waals surface area (Å²) in [5.41, 5.74) is 2.57. The molecule has 0 aromatic heterocycles. The van der Waals surface area contributed by atoms with Crippen molar-refractivity contribution in [3.63, 3.8) is 0 Å². The first kappa shape index (κ1) is 17.1. The van der Waals surface area contributed by atoms with Crippen LogP contribution in [0, 0.1) is 25.2 Å². The van der Waals surface area contributed by atoms with E-state index in [9.17, 15) is 15.2 Å². The fourth-order valence-electron chi connectivity index (χ4n) is 2.29. The average molecular weight is 322 g/mol. The van der Waals surface area contributed by atoms with Crippen molar-refractivity contribution in [1.29, 1.82) is 5.26 Å². The summed E-state index contributed by atoms with van der Waals surface area (Å²) >= 11 is 0. The minimum absolute atomic E-state index is 0.0256. The third-order valence-corrected chi connectivity index (χ3v) is 3.52. The molecule has 122 valence electrons. The molecular weight excluding hydrogens is 304 g/mol. The Balaban J connectivity index is 2.27. The molecule has 0 saturated carbocycles. The fourth-order valence-corrected chi connectivity index (χ4v) is 2.29. The number of aryl methyl sites for hydroxylation is 2. The number of phenolic OH excluding ortho intramolecular Hbond substituents is 1. The monoisotopic (exact) mass is 322 g/mol. The molecule has 0 aliphatic carbocycles. The van der Waals surface area contributed by atoms with E-state index in [4.69, 9.17) is 4.74 Å². The number of amides is 1. The molecule has 5 nitrogen and oxygen atoms in total. The molecule has 0 heterocycles. The number of phenols is 1. The van der Waals surface area contributed by atoms with E-state index in [1.54, 1.807) is 50.2 Å². The maximum atomic E-state index is 12.3. The molecule has 2 N–H and O–H groups in total. The molecule has 0 aliphatic heterocycles. The van der Waals surface area contributed by atoms with E-state index in [1.165, 1.54) is 13.2 Å². The third-order valence-electron chi connectivity index (χ3n) is 3.52. The van der Waals surface area contributed by atoms with Crippen molar-refractivity contribution >= 4 is 17.7 Å². The lowest BCUT2D eigenvalue weighted by atomic mass is 10.0. The normalized spacial score (nSPS) is 10.8. The number of rotatable bonds is 4. The van der Waals surface area contributed by atoms with Gasteiger partial charge in [0.25, 0.3) is 5.91 Å². The highest BCUT2D eigenvalue weighted by molar-refractivity contribution is 6.09. The summed E-state index contributed by atoms with van der Waals surface area (Å²) in [5.74, 6) is 0.320. The topological polar surface area (TPSA) is 82.3 Å². The number of benzene rings is 2. The van der Waals surface area contributed by atoms with Crippen LogP contribution in [0.4, 0.5) is 5.69 Å². The SMILES string of the molecule is COc1cccc(NC(=O)C(C#N)=Cc2cc(C)c(O)c(C)c2)c1. The van der Waals surface area contributed by atoms with Crippen LogP contribution in [0.2, 0.25) is 0 Å². The average Bonchev–Trinajstić information content (AvgIpc) is 2.57. The lowest BCUT2D eigenvalue weighted by Crippen LogP contribution is -2.13. The van der Waals surface area contributed by atoms with Crippen LogP contribution >= 0.6 is 0 Å². The Morgan fingerprint density at radius 2 is 1.92 bits per heavy atom. The van der Waals surface area contributed by atoms with Gasteiger partial charge in [0.05, 0.1) is 7.11 Å². The Labute approximate surface area is 140 Å². The molecule has 0 fully saturated rings. The number of carbonyl (C=O) groups is 1. The molecular formula is C19H18N2O3. The van der Waals surface area contributed by atoms with Crippen LogP contribution in [0.5, 0.6) is 11.5 Å². The number of ether oxygens (including phenoxy) is 1. The zero-order chi connectivity index (χ0) is 17.7. The molecule has 0 aliphatic rings. The molecule has 0 spiro atoms. The number of hydrogen-bond acceptors (Lipinski definition) is 4. The maximum absolute atomic E-state index is 12.3. The molecule has 5 heteroatoms. The molecule has 0 radical (unpaired) electrons. The number of nitrogens with zero attached hydrogens (tertiary/aromatic N) is 1.